The highest BCUT2D eigenvalue weighted by molar-refractivity contribution is 7.92. The average Bonchev–Trinajstić information content (AvgIpc) is 2.95. The van der Waals surface area contributed by atoms with Gasteiger partial charge in [-0.2, -0.15) is 0 Å². The number of methoxy groups -OCH3 is 1. The first-order valence-corrected chi connectivity index (χ1v) is 14.9. The van der Waals surface area contributed by atoms with Crippen LogP contribution >= 0.6 is 0 Å². The summed E-state index contributed by atoms with van der Waals surface area (Å²) in [4.78, 5) is 28.4. The van der Waals surface area contributed by atoms with Gasteiger partial charge in [-0.05, 0) is 69.0 Å². The Morgan fingerprint density at radius 1 is 0.950 bits per heavy atom. The van der Waals surface area contributed by atoms with Gasteiger partial charge in [0.2, 0.25) is 11.8 Å². The number of rotatable bonds is 13. The van der Waals surface area contributed by atoms with Crippen LogP contribution in [0.1, 0.15) is 37.0 Å². The maximum atomic E-state index is 14.0. The largest absolute Gasteiger partial charge is 0.495 e. The standard InChI is InChI=1S/C31H39N3O5S/c1-6-19-32-31(36)25(4)33(20-18-26-10-8-7-9-11-26)30(35)22-34(28-21-24(3)14-17-29(28)39-5)40(37,38)27-15-12-23(2)13-16-27/h7-17,21,25H,6,18-20,22H2,1-5H3,(H,32,36). The van der Waals surface area contributed by atoms with Gasteiger partial charge >= 0.3 is 0 Å². The Balaban J connectivity index is 2.04. The molecule has 0 aromatic heterocycles. The summed E-state index contributed by atoms with van der Waals surface area (Å²) in [5, 5.41) is 2.85. The molecule has 1 atom stereocenters. The first kappa shape index (κ1) is 30.7. The van der Waals surface area contributed by atoms with E-state index in [-0.39, 0.29) is 23.0 Å². The SMILES string of the molecule is CCCNC(=O)C(C)N(CCc1ccccc1)C(=O)CN(c1cc(C)ccc1OC)S(=O)(=O)c1ccc(C)cc1. The third-order valence-electron chi connectivity index (χ3n) is 6.69. The molecule has 2 amide bonds. The Hall–Kier alpha value is -3.85. The lowest BCUT2D eigenvalue weighted by Crippen LogP contribution is -2.52. The molecule has 0 saturated carbocycles. The highest BCUT2D eigenvalue weighted by Gasteiger charge is 2.33. The number of nitrogens with zero attached hydrogens (tertiary/aromatic N) is 2. The number of hydrogen-bond acceptors (Lipinski definition) is 5. The molecule has 1 N–H and O–H groups in total. The molecule has 0 spiro atoms. The van der Waals surface area contributed by atoms with E-state index < -0.39 is 28.5 Å². The van der Waals surface area contributed by atoms with Crippen molar-refractivity contribution >= 4 is 27.5 Å². The van der Waals surface area contributed by atoms with Crippen molar-refractivity contribution < 1.29 is 22.7 Å². The lowest BCUT2D eigenvalue weighted by molar-refractivity contribution is -0.138. The molecular formula is C31H39N3O5S. The van der Waals surface area contributed by atoms with E-state index in [9.17, 15) is 18.0 Å². The van der Waals surface area contributed by atoms with Gasteiger partial charge in [0.05, 0.1) is 17.7 Å². The Labute approximate surface area is 238 Å². The summed E-state index contributed by atoms with van der Waals surface area (Å²) in [5.41, 5.74) is 2.97. The van der Waals surface area contributed by atoms with E-state index in [0.717, 1.165) is 27.4 Å². The lowest BCUT2D eigenvalue weighted by atomic mass is 10.1. The van der Waals surface area contributed by atoms with Crippen molar-refractivity contribution in [3.05, 3.63) is 89.5 Å². The van der Waals surface area contributed by atoms with Gasteiger partial charge in [-0.15, -0.1) is 0 Å². The molecule has 40 heavy (non-hydrogen) atoms. The smallest absolute Gasteiger partial charge is 0.264 e. The van der Waals surface area contributed by atoms with Crippen molar-refractivity contribution in [2.75, 3.05) is 31.0 Å². The first-order valence-electron chi connectivity index (χ1n) is 13.4. The summed E-state index contributed by atoms with van der Waals surface area (Å²) in [5.74, 6) is -0.461. The van der Waals surface area contributed by atoms with E-state index in [2.05, 4.69) is 5.32 Å². The second kappa shape index (κ2) is 14.0. The fraction of sp³-hybridized carbons (Fsp3) is 0.355. The van der Waals surface area contributed by atoms with Crippen LogP contribution in [0.25, 0.3) is 0 Å². The van der Waals surface area contributed by atoms with Gasteiger partial charge in [0.1, 0.15) is 18.3 Å². The van der Waals surface area contributed by atoms with Crippen LogP contribution < -0.4 is 14.4 Å². The number of amides is 2. The third-order valence-corrected chi connectivity index (χ3v) is 8.47. The van der Waals surface area contributed by atoms with Gasteiger partial charge in [0.15, 0.2) is 0 Å². The third kappa shape index (κ3) is 7.63. The second-order valence-corrected chi connectivity index (χ2v) is 11.7. The quantitative estimate of drug-likeness (QED) is 0.329. The summed E-state index contributed by atoms with van der Waals surface area (Å²) in [6.07, 6.45) is 1.27. The van der Waals surface area contributed by atoms with Gasteiger partial charge in [-0.1, -0.05) is 61.0 Å². The molecule has 0 aliphatic carbocycles. The van der Waals surface area contributed by atoms with Crippen molar-refractivity contribution in [2.45, 2.75) is 51.5 Å². The number of nitrogens with one attached hydrogen (secondary N) is 1. The van der Waals surface area contributed by atoms with Crippen LogP contribution in [0.5, 0.6) is 5.75 Å². The number of anilines is 1. The molecule has 0 aliphatic heterocycles. The molecule has 8 nitrogen and oxygen atoms in total. The summed E-state index contributed by atoms with van der Waals surface area (Å²) in [7, 11) is -2.71. The second-order valence-electron chi connectivity index (χ2n) is 9.79. The van der Waals surface area contributed by atoms with Gasteiger partial charge in [-0.3, -0.25) is 13.9 Å². The molecule has 0 saturated heterocycles. The minimum Gasteiger partial charge on any atom is -0.495 e. The van der Waals surface area contributed by atoms with Crippen LogP contribution in [0.15, 0.2) is 77.7 Å². The summed E-state index contributed by atoms with van der Waals surface area (Å²) in [6.45, 7) is 7.55. The molecule has 1 unspecified atom stereocenters. The zero-order valence-corrected chi connectivity index (χ0v) is 24.7. The number of hydrogen-bond donors (Lipinski definition) is 1. The minimum atomic E-state index is -4.17. The number of benzene rings is 3. The van der Waals surface area contributed by atoms with Gasteiger partial charge in [-0.25, -0.2) is 8.42 Å². The Morgan fingerprint density at radius 3 is 2.23 bits per heavy atom. The molecule has 9 heteroatoms. The maximum Gasteiger partial charge on any atom is 0.264 e. The van der Waals surface area contributed by atoms with Crippen LogP contribution in [0.2, 0.25) is 0 Å². The van der Waals surface area contributed by atoms with Gasteiger partial charge in [0.25, 0.3) is 10.0 Å². The summed E-state index contributed by atoms with van der Waals surface area (Å²) in [6, 6.07) is 20.5. The van der Waals surface area contributed by atoms with Crippen LogP contribution in [-0.4, -0.2) is 57.9 Å². The Kier molecular flexibility index (Phi) is 10.7. The predicted octanol–water partition coefficient (Wildman–Crippen LogP) is 4.49. The molecule has 0 aliphatic rings. The van der Waals surface area contributed by atoms with E-state index in [1.54, 1.807) is 31.2 Å². The molecule has 0 heterocycles. The predicted molar refractivity (Wildman–Crippen MR) is 158 cm³/mol. The monoisotopic (exact) mass is 565 g/mol. The molecule has 3 aromatic rings. The molecule has 3 rings (SSSR count). The molecule has 0 radical (unpaired) electrons. The molecule has 0 fully saturated rings. The number of carbonyl (C=O) groups excluding carboxylic acids is 2. The zero-order valence-electron chi connectivity index (χ0n) is 23.9. The van der Waals surface area contributed by atoms with Crippen molar-refractivity contribution in [1.29, 1.82) is 0 Å². The van der Waals surface area contributed by atoms with Crippen LogP contribution in [0.3, 0.4) is 0 Å². The van der Waals surface area contributed by atoms with E-state index in [1.165, 1.54) is 24.1 Å². The fourth-order valence-electron chi connectivity index (χ4n) is 4.31. The average molecular weight is 566 g/mol. The van der Waals surface area contributed by atoms with Crippen molar-refractivity contribution in [2.24, 2.45) is 0 Å². The van der Waals surface area contributed by atoms with E-state index in [4.69, 9.17) is 4.74 Å². The number of aryl methyl sites for hydroxylation is 2. The topological polar surface area (TPSA) is 96.0 Å². The fourth-order valence-corrected chi connectivity index (χ4v) is 5.73. The number of carbonyl (C=O) groups is 2. The minimum absolute atomic E-state index is 0.0547. The lowest BCUT2D eigenvalue weighted by Gasteiger charge is -2.32. The van der Waals surface area contributed by atoms with E-state index >= 15 is 0 Å². The van der Waals surface area contributed by atoms with Crippen LogP contribution in [0.4, 0.5) is 5.69 Å². The number of sulfonamides is 1. The normalized spacial score (nSPS) is 11.9. The van der Waals surface area contributed by atoms with E-state index in [1.807, 2.05) is 57.2 Å². The van der Waals surface area contributed by atoms with Crippen molar-refractivity contribution in [1.82, 2.24) is 10.2 Å². The molecule has 0 bridgehead atoms. The maximum absolute atomic E-state index is 14.0. The molecule has 3 aromatic carbocycles. The first-order chi connectivity index (χ1) is 19.1. The van der Waals surface area contributed by atoms with Gasteiger partial charge < -0.3 is 15.0 Å². The Morgan fingerprint density at radius 2 is 1.60 bits per heavy atom. The summed E-state index contributed by atoms with van der Waals surface area (Å²) < 4.78 is 34.6. The van der Waals surface area contributed by atoms with Crippen molar-refractivity contribution in [3.63, 3.8) is 0 Å². The highest BCUT2D eigenvalue weighted by atomic mass is 32.2. The summed E-state index contributed by atoms with van der Waals surface area (Å²) >= 11 is 0. The molecule has 214 valence electrons. The van der Waals surface area contributed by atoms with E-state index in [0.29, 0.717) is 18.7 Å². The zero-order chi connectivity index (χ0) is 29.3. The van der Waals surface area contributed by atoms with Crippen LogP contribution in [0, 0.1) is 13.8 Å². The molecular weight excluding hydrogens is 526 g/mol. The van der Waals surface area contributed by atoms with Crippen LogP contribution in [-0.2, 0) is 26.0 Å². The number of ether oxygens (including phenoxy) is 1. The highest BCUT2D eigenvalue weighted by Crippen LogP contribution is 2.33. The van der Waals surface area contributed by atoms with Crippen molar-refractivity contribution in [3.8, 4) is 5.75 Å². The van der Waals surface area contributed by atoms with Gasteiger partial charge in [0, 0.05) is 13.1 Å². The Bertz CT molecular complexity index is 1390.